The summed E-state index contributed by atoms with van der Waals surface area (Å²) in [6, 6.07) is 5.79. The van der Waals surface area contributed by atoms with E-state index in [2.05, 4.69) is 25.9 Å². The van der Waals surface area contributed by atoms with Gasteiger partial charge in [0.05, 0.1) is 4.47 Å². The Morgan fingerprint density at radius 1 is 1.31 bits per heavy atom. The van der Waals surface area contributed by atoms with Crippen molar-refractivity contribution in [2.75, 3.05) is 0 Å². The molecule has 82 valence electrons. The van der Waals surface area contributed by atoms with Crippen LogP contribution in [0.1, 0.15) is 5.56 Å². The molecule has 2 heterocycles. The summed E-state index contributed by atoms with van der Waals surface area (Å²) in [6.07, 6.45) is 5.33. The van der Waals surface area contributed by atoms with E-state index in [1.807, 2.05) is 24.4 Å². The van der Waals surface area contributed by atoms with Gasteiger partial charge in [-0.15, -0.1) is 0 Å². The van der Waals surface area contributed by atoms with E-state index in [4.69, 9.17) is 5.73 Å². The first-order valence-electron chi connectivity index (χ1n) is 4.72. The second kappa shape index (κ2) is 5.43. The minimum absolute atomic E-state index is 0.509. The average Bonchev–Trinajstić information content (AvgIpc) is 2.33. The van der Waals surface area contributed by atoms with E-state index in [0.29, 0.717) is 6.54 Å². The van der Waals surface area contributed by atoms with Crippen molar-refractivity contribution in [1.29, 1.82) is 0 Å². The molecule has 0 fully saturated rings. The van der Waals surface area contributed by atoms with Crippen LogP contribution in [0.3, 0.4) is 0 Å². The standard InChI is InChI=1S/C11H10BrN3S/c12-9-2-1-4-15-11(9)16-10-7-14-5-3-8(10)6-13/h1-5,7H,6,13H2. The minimum Gasteiger partial charge on any atom is -0.326 e. The van der Waals surface area contributed by atoms with Gasteiger partial charge in [-0.3, -0.25) is 4.98 Å². The van der Waals surface area contributed by atoms with Gasteiger partial charge < -0.3 is 5.73 Å². The highest BCUT2D eigenvalue weighted by Crippen LogP contribution is 2.32. The Bertz CT molecular complexity index is 490. The molecule has 0 aliphatic rings. The van der Waals surface area contributed by atoms with Gasteiger partial charge in [-0.2, -0.15) is 0 Å². The van der Waals surface area contributed by atoms with Gasteiger partial charge in [-0.25, -0.2) is 4.98 Å². The molecule has 0 aliphatic heterocycles. The molecule has 2 aromatic heterocycles. The van der Waals surface area contributed by atoms with Gasteiger partial charge in [-0.1, -0.05) is 11.8 Å². The third-order valence-corrected chi connectivity index (χ3v) is 4.03. The maximum Gasteiger partial charge on any atom is 0.115 e. The lowest BCUT2D eigenvalue weighted by Crippen LogP contribution is -1.98. The fourth-order valence-electron chi connectivity index (χ4n) is 1.22. The second-order valence-electron chi connectivity index (χ2n) is 3.08. The Labute approximate surface area is 107 Å². The summed E-state index contributed by atoms with van der Waals surface area (Å²) < 4.78 is 0.979. The summed E-state index contributed by atoms with van der Waals surface area (Å²) in [5.41, 5.74) is 6.75. The molecule has 3 nitrogen and oxygen atoms in total. The number of hydrogen-bond donors (Lipinski definition) is 1. The third kappa shape index (κ3) is 2.61. The Kier molecular flexibility index (Phi) is 3.93. The van der Waals surface area contributed by atoms with Crippen molar-refractivity contribution in [3.05, 3.63) is 46.8 Å². The van der Waals surface area contributed by atoms with Crippen molar-refractivity contribution in [2.45, 2.75) is 16.5 Å². The van der Waals surface area contributed by atoms with E-state index in [-0.39, 0.29) is 0 Å². The Balaban J connectivity index is 2.30. The molecule has 0 saturated heterocycles. The van der Waals surface area contributed by atoms with Crippen molar-refractivity contribution in [1.82, 2.24) is 9.97 Å². The summed E-state index contributed by atoms with van der Waals surface area (Å²) in [7, 11) is 0. The van der Waals surface area contributed by atoms with E-state index >= 15 is 0 Å². The summed E-state index contributed by atoms with van der Waals surface area (Å²) in [4.78, 5) is 9.44. The fraction of sp³-hybridized carbons (Fsp3) is 0.0909. The largest absolute Gasteiger partial charge is 0.326 e. The molecule has 2 aromatic rings. The topological polar surface area (TPSA) is 51.8 Å². The Morgan fingerprint density at radius 2 is 2.19 bits per heavy atom. The van der Waals surface area contributed by atoms with E-state index in [1.54, 1.807) is 24.2 Å². The molecular weight excluding hydrogens is 286 g/mol. The van der Waals surface area contributed by atoms with Crippen LogP contribution in [-0.4, -0.2) is 9.97 Å². The third-order valence-electron chi connectivity index (χ3n) is 2.02. The van der Waals surface area contributed by atoms with Crippen LogP contribution in [0.25, 0.3) is 0 Å². The van der Waals surface area contributed by atoms with Crippen molar-refractivity contribution in [3.63, 3.8) is 0 Å². The number of halogens is 1. The van der Waals surface area contributed by atoms with Gasteiger partial charge in [0.25, 0.3) is 0 Å². The van der Waals surface area contributed by atoms with Crippen LogP contribution in [0.2, 0.25) is 0 Å². The lowest BCUT2D eigenvalue weighted by molar-refractivity contribution is 1.00. The summed E-state index contributed by atoms with van der Waals surface area (Å²) >= 11 is 5.03. The smallest absolute Gasteiger partial charge is 0.115 e. The van der Waals surface area contributed by atoms with Gasteiger partial charge in [0, 0.05) is 30.0 Å². The maximum atomic E-state index is 5.67. The SMILES string of the molecule is NCc1ccncc1Sc1ncccc1Br. The molecule has 0 radical (unpaired) electrons. The van der Waals surface area contributed by atoms with Gasteiger partial charge in [-0.05, 0) is 39.7 Å². The van der Waals surface area contributed by atoms with Crippen molar-refractivity contribution < 1.29 is 0 Å². The van der Waals surface area contributed by atoms with Gasteiger partial charge in [0.2, 0.25) is 0 Å². The summed E-state index contributed by atoms with van der Waals surface area (Å²) in [6.45, 7) is 0.509. The van der Waals surface area contributed by atoms with E-state index in [9.17, 15) is 0 Å². The predicted octanol–water partition coefficient (Wildman–Crippen LogP) is 2.85. The molecule has 0 amide bonds. The van der Waals surface area contributed by atoms with Crippen molar-refractivity contribution in [3.8, 4) is 0 Å². The molecule has 0 aromatic carbocycles. The average molecular weight is 296 g/mol. The maximum absolute atomic E-state index is 5.67. The zero-order chi connectivity index (χ0) is 11.4. The highest BCUT2D eigenvalue weighted by atomic mass is 79.9. The monoisotopic (exact) mass is 295 g/mol. The lowest BCUT2D eigenvalue weighted by atomic mass is 10.3. The van der Waals surface area contributed by atoms with Crippen LogP contribution < -0.4 is 5.73 Å². The van der Waals surface area contributed by atoms with Crippen LogP contribution in [0.15, 0.2) is 51.2 Å². The molecule has 2 rings (SSSR count). The number of nitrogens with two attached hydrogens (primary N) is 1. The number of hydrogen-bond acceptors (Lipinski definition) is 4. The molecule has 0 saturated carbocycles. The lowest BCUT2D eigenvalue weighted by Gasteiger charge is -2.06. The molecule has 0 atom stereocenters. The molecule has 0 bridgehead atoms. The zero-order valence-electron chi connectivity index (χ0n) is 8.43. The number of aromatic nitrogens is 2. The molecule has 5 heteroatoms. The molecule has 2 N–H and O–H groups in total. The van der Waals surface area contributed by atoms with E-state index in [1.165, 1.54) is 0 Å². The van der Waals surface area contributed by atoms with Gasteiger partial charge in [0.15, 0.2) is 0 Å². The predicted molar refractivity (Wildman–Crippen MR) is 68.2 cm³/mol. The Hall–Kier alpha value is -0.910. The second-order valence-corrected chi connectivity index (χ2v) is 4.96. The molecular formula is C11H10BrN3S. The van der Waals surface area contributed by atoms with Crippen LogP contribution in [0.4, 0.5) is 0 Å². The molecule has 0 aliphatic carbocycles. The minimum atomic E-state index is 0.509. The Morgan fingerprint density at radius 3 is 2.94 bits per heavy atom. The van der Waals surface area contributed by atoms with Crippen molar-refractivity contribution in [2.24, 2.45) is 5.73 Å². The zero-order valence-corrected chi connectivity index (χ0v) is 10.8. The molecule has 0 spiro atoms. The fourth-order valence-corrected chi connectivity index (χ4v) is 2.60. The van der Waals surface area contributed by atoms with Crippen molar-refractivity contribution >= 4 is 27.7 Å². The number of pyridine rings is 2. The van der Waals surface area contributed by atoms with Gasteiger partial charge >= 0.3 is 0 Å². The van der Waals surface area contributed by atoms with Crippen LogP contribution in [0, 0.1) is 0 Å². The molecule has 0 unspecified atom stereocenters. The normalized spacial score (nSPS) is 10.4. The highest BCUT2D eigenvalue weighted by Gasteiger charge is 2.06. The van der Waals surface area contributed by atoms with Crippen LogP contribution >= 0.6 is 27.7 Å². The summed E-state index contributed by atoms with van der Waals surface area (Å²) in [5.74, 6) is 0. The first-order chi connectivity index (χ1) is 7.81. The number of rotatable bonds is 3. The van der Waals surface area contributed by atoms with Crippen LogP contribution in [-0.2, 0) is 6.54 Å². The van der Waals surface area contributed by atoms with Crippen LogP contribution in [0.5, 0.6) is 0 Å². The molecule has 16 heavy (non-hydrogen) atoms. The van der Waals surface area contributed by atoms with E-state index in [0.717, 1.165) is 20.0 Å². The first-order valence-corrected chi connectivity index (χ1v) is 6.33. The van der Waals surface area contributed by atoms with Gasteiger partial charge in [0.1, 0.15) is 5.03 Å². The highest BCUT2D eigenvalue weighted by molar-refractivity contribution is 9.10. The number of nitrogens with zero attached hydrogens (tertiary/aromatic N) is 2. The van der Waals surface area contributed by atoms with E-state index < -0.39 is 0 Å². The summed E-state index contributed by atoms with van der Waals surface area (Å²) in [5, 5.41) is 0.921. The first kappa shape index (κ1) is 11.6. The quantitative estimate of drug-likeness (QED) is 0.946.